The highest BCUT2D eigenvalue weighted by Crippen LogP contribution is 2.29. The maximum Gasteiger partial charge on any atom is 0.214 e. The average molecular weight is 455 g/mol. The third kappa shape index (κ3) is 4.61. The number of hydrogen-bond acceptors (Lipinski definition) is 6. The number of aromatic nitrogens is 6. The number of hydrogen-bond donors (Lipinski definition) is 2. The number of unbranched alkanes of at least 4 members (excludes halogenated alkanes) is 1. The second-order valence-electron chi connectivity index (χ2n) is 7.70. The van der Waals surface area contributed by atoms with Crippen molar-refractivity contribution in [3.05, 3.63) is 64.2 Å². The summed E-state index contributed by atoms with van der Waals surface area (Å²) in [6.45, 7) is 4.72. The van der Waals surface area contributed by atoms with Crippen molar-refractivity contribution in [2.45, 2.75) is 58.8 Å². The summed E-state index contributed by atoms with van der Waals surface area (Å²) in [5, 5.41) is 24.5. The van der Waals surface area contributed by atoms with Crippen molar-refractivity contribution in [1.29, 1.82) is 0 Å². The Morgan fingerprint density at radius 2 is 1.97 bits per heavy atom. The molecule has 1 atom stereocenters. The first-order chi connectivity index (χ1) is 15.6. The predicted molar refractivity (Wildman–Crippen MR) is 123 cm³/mol. The molecule has 0 fully saturated rings. The number of ether oxygens (including phenoxy) is 1. The molecule has 0 saturated heterocycles. The summed E-state index contributed by atoms with van der Waals surface area (Å²) < 4.78 is 8.25. The fourth-order valence-electron chi connectivity index (χ4n) is 3.77. The number of aromatic amines is 1. The van der Waals surface area contributed by atoms with Crippen molar-refractivity contribution in [3.8, 4) is 5.75 Å². The van der Waals surface area contributed by atoms with E-state index < -0.39 is 0 Å². The van der Waals surface area contributed by atoms with E-state index in [9.17, 15) is 5.11 Å². The number of aliphatic hydroxyl groups is 1. The van der Waals surface area contributed by atoms with E-state index in [1.165, 1.54) is 0 Å². The zero-order valence-electron chi connectivity index (χ0n) is 18.3. The van der Waals surface area contributed by atoms with Crippen LogP contribution in [0.2, 0.25) is 5.02 Å². The van der Waals surface area contributed by atoms with Crippen molar-refractivity contribution < 1.29 is 9.84 Å². The van der Waals surface area contributed by atoms with Crippen LogP contribution in [0.4, 0.5) is 0 Å². The SMILES string of the molecule is CCCCc1nc2c(CO)c(Cl)ccc2n1Cc1ccc(OC(CC)c2nn[nH]n2)cc1. The molecule has 0 aliphatic carbocycles. The Labute approximate surface area is 191 Å². The summed E-state index contributed by atoms with van der Waals surface area (Å²) in [6, 6.07) is 11.8. The summed E-state index contributed by atoms with van der Waals surface area (Å²) in [5.74, 6) is 2.30. The van der Waals surface area contributed by atoms with Gasteiger partial charge >= 0.3 is 0 Å². The molecule has 2 N–H and O–H groups in total. The molecule has 8 nitrogen and oxygen atoms in total. The van der Waals surface area contributed by atoms with Crippen LogP contribution in [0.25, 0.3) is 11.0 Å². The van der Waals surface area contributed by atoms with Gasteiger partial charge in [0.1, 0.15) is 11.6 Å². The highest BCUT2D eigenvalue weighted by Gasteiger charge is 2.17. The van der Waals surface area contributed by atoms with E-state index in [0.29, 0.717) is 23.0 Å². The van der Waals surface area contributed by atoms with E-state index in [0.717, 1.165) is 53.9 Å². The molecule has 2 aromatic heterocycles. The second kappa shape index (κ2) is 10.1. The lowest BCUT2D eigenvalue weighted by Gasteiger charge is -2.15. The topological polar surface area (TPSA) is 102 Å². The van der Waals surface area contributed by atoms with Gasteiger partial charge in [0.15, 0.2) is 6.10 Å². The van der Waals surface area contributed by atoms with Crippen LogP contribution in [0.15, 0.2) is 36.4 Å². The molecule has 1 unspecified atom stereocenters. The van der Waals surface area contributed by atoms with Crippen LogP contribution in [-0.2, 0) is 19.6 Å². The van der Waals surface area contributed by atoms with E-state index >= 15 is 0 Å². The fraction of sp³-hybridized carbons (Fsp3) is 0.391. The Hall–Kier alpha value is -2.97. The third-order valence-corrected chi connectivity index (χ3v) is 5.88. The number of rotatable bonds is 10. The maximum absolute atomic E-state index is 9.81. The van der Waals surface area contributed by atoms with E-state index in [4.69, 9.17) is 21.3 Å². The Bertz CT molecular complexity index is 1160. The lowest BCUT2D eigenvalue weighted by molar-refractivity contribution is 0.191. The van der Waals surface area contributed by atoms with Crippen LogP contribution in [0.1, 0.15) is 62.0 Å². The smallest absolute Gasteiger partial charge is 0.214 e. The van der Waals surface area contributed by atoms with Gasteiger partial charge in [-0.25, -0.2) is 4.98 Å². The van der Waals surface area contributed by atoms with Crippen LogP contribution >= 0.6 is 11.6 Å². The lowest BCUT2D eigenvalue weighted by atomic mass is 10.1. The molecule has 168 valence electrons. The minimum atomic E-state index is -0.250. The normalized spacial score (nSPS) is 12.4. The van der Waals surface area contributed by atoms with Gasteiger partial charge in [-0.2, -0.15) is 5.21 Å². The standard InChI is InChI=1S/C23H27ClN6O2/c1-3-5-6-21-25-22-17(14-31)18(24)11-12-19(22)30(21)13-15-7-9-16(10-8-15)32-20(4-2)23-26-28-29-27-23/h7-12,20,31H,3-6,13-14H2,1-2H3,(H,26,27,28,29). The fourth-order valence-corrected chi connectivity index (χ4v) is 3.98. The summed E-state index contributed by atoms with van der Waals surface area (Å²) in [7, 11) is 0. The molecule has 2 heterocycles. The molecular weight excluding hydrogens is 428 g/mol. The number of nitrogens with zero attached hydrogens (tertiary/aromatic N) is 5. The van der Waals surface area contributed by atoms with Crippen LogP contribution < -0.4 is 4.74 Å². The van der Waals surface area contributed by atoms with Gasteiger partial charge in [0.2, 0.25) is 5.82 Å². The number of H-pyrrole nitrogens is 1. The monoisotopic (exact) mass is 454 g/mol. The van der Waals surface area contributed by atoms with Gasteiger partial charge in [-0.3, -0.25) is 0 Å². The molecule has 0 radical (unpaired) electrons. The molecular formula is C23H27ClN6O2. The number of aliphatic hydroxyl groups excluding tert-OH is 1. The summed E-state index contributed by atoms with van der Waals surface area (Å²) in [6.07, 6.45) is 3.49. The van der Waals surface area contributed by atoms with Gasteiger partial charge in [0.25, 0.3) is 0 Å². The quantitative estimate of drug-likeness (QED) is 0.362. The van der Waals surface area contributed by atoms with E-state index in [2.05, 4.69) is 44.2 Å². The van der Waals surface area contributed by atoms with E-state index in [1.807, 2.05) is 31.2 Å². The molecule has 4 rings (SSSR count). The third-order valence-electron chi connectivity index (χ3n) is 5.52. The van der Waals surface area contributed by atoms with Crippen molar-refractivity contribution in [3.63, 3.8) is 0 Å². The second-order valence-corrected chi connectivity index (χ2v) is 8.11. The van der Waals surface area contributed by atoms with Crippen molar-refractivity contribution in [1.82, 2.24) is 30.2 Å². The minimum absolute atomic E-state index is 0.134. The van der Waals surface area contributed by atoms with Gasteiger partial charge in [0, 0.05) is 23.6 Å². The van der Waals surface area contributed by atoms with Gasteiger partial charge in [0.05, 0.1) is 17.6 Å². The van der Waals surface area contributed by atoms with Crippen LogP contribution in [-0.4, -0.2) is 35.3 Å². The van der Waals surface area contributed by atoms with Gasteiger partial charge < -0.3 is 14.4 Å². The zero-order valence-corrected chi connectivity index (χ0v) is 19.0. The molecule has 4 aromatic rings. The Morgan fingerprint density at radius 3 is 2.62 bits per heavy atom. The van der Waals surface area contributed by atoms with Crippen molar-refractivity contribution in [2.75, 3.05) is 0 Å². The molecule has 0 bridgehead atoms. The first-order valence-corrected chi connectivity index (χ1v) is 11.3. The first-order valence-electron chi connectivity index (χ1n) is 10.9. The summed E-state index contributed by atoms with van der Waals surface area (Å²) >= 11 is 6.30. The highest BCUT2D eigenvalue weighted by atomic mass is 35.5. The van der Waals surface area contributed by atoms with E-state index in [-0.39, 0.29) is 12.7 Å². The zero-order chi connectivity index (χ0) is 22.5. The number of imidazole rings is 1. The predicted octanol–water partition coefficient (Wildman–Crippen LogP) is 4.62. The Kier molecular flexibility index (Phi) is 7.02. The molecule has 0 amide bonds. The number of halogens is 1. The van der Waals surface area contributed by atoms with Crippen LogP contribution in [0, 0.1) is 0 Å². The molecule has 0 spiro atoms. The number of tetrazole rings is 1. The van der Waals surface area contributed by atoms with Gasteiger partial charge in [-0.1, -0.05) is 49.2 Å². The molecule has 2 aromatic carbocycles. The summed E-state index contributed by atoms with van der Waals surface area (Å²) in [5.41, 5.74) is 3.56. The van der Waals surface area contributed by atoms with Crippen molar-refractivity contribution >= 4 is 22.6 Å². The molecule has 0 saturated carbocycles. The molecule has 9 heteroatoms. The van der Waals surface area contributed by atoms with Crippen LogP contribution in [0.5, 0.6) is 5.75 Å². The largest absolute Gasteiger partial charge is 0.482 e. The lowest BCUT2D eigenvalue weighted by Crippen LogP contribution is -2.09. The molecule has 0 aliphatic rings. The van der Waals surface area contributed by atoms with Gasteiger partial charge in [-0.15, -0.1) is 10.2 Å². The summed E-state index contributed by atoms with van der Waals surface area (Å²) in [4.78, 5) is 4.85. The number of aryl methyl sites for hydroxylation is 1. The van der Waals surface area contributed by atoms with E-state index in [1.54, 1.807) is 0 Å². The Morgan fingerprint density at radius 1 is 1.16 bits per heavy atom. The number of fused-ring (bicyclic) bond motifs is 1. The number of benzene rings is 2. The van der Waals surface area contributed by atoms with Gasteiger partial charge in [-0.05, 0) is 42.7 Å². The number of nitrogens with one attached hydrogen (secondary N) is 1. The minimum Gasteiger partial charge on any atom is -0.482 e. The van der Waals surface area contributed by atoms with Crippen LogP contribution in [0.3, 0.4) is 0 Å². The molecule has 32 heavy (non-hydrogen) atoms. The maximum atomic E-state index is 9.81. The average Bonchev–Trinajstić information content (AvgIpc) is 3.46. The first kappa shape index (κ1) is 22.2. The van der Waals surface area contributed by atoms with Crippen molar-refractivity contribution in [2.24, 2.45) is 0 Å². The molecule has 0 aliphatic heterocycles. The highest BCUT2D eigenvalue weighted by molar-refractivity contribution is 6.32. The Balaban J connectivity index is 1.59.